The van der Waals surface area contributed by atoms with Crippen molar-refractivity contribution in [1.82, 2.24) is 5.32 Å². The molecule has 0 fully saturated rings. The normalized spacial score (nSPS) is 14.1. The molecule has 71 heavy (non-hydrogen) atoms. The van der Waals surface area contributed by atoms with Crippen LogP contribution in [0, 0.1) is 0 Å². The number of rotatable bonds is 57. The van der Waals surface area contributed by atoms with Crippen molar-refractivity contribution in [3.63, 3.8) is 0 Å². The Bertz CT molecular complexity index is 1250. The lowest BCUT2D eigenvalue weighted by Crippen LogP contribution is -2.45. The highest BCUT2D eigenvalue weighted by Crippen LogP contribution is 2.43. The molecule has 0 spiro atoms. The number of aliphatic hydroxyl groups excluding tert-OH is 1. The average Bonchev–Trinajstić information content (AvgIpc) is 3.33. The van der Waals surface area contributed by atoms with Gasteiger partial charge in [0.1, 0.15) is 13.2 Å². The van der Waals surface area contributed by atoms with E-state index in [-0.39, 0.29) is 19.1 Å². The van der Waals surface area contributed by atoms with Crippen LogP contribution in [0.5, 0.6) is 0 Å². The summed E-state index contributed by atoms with van der Waals surface area (Å²) >= 11 is 0. The van der Waals surface area contributed by atoms with Crippen molar-refractivity contribution in [3.05, 3.63) is 36.5 Å². The third-order valence-corrected chi connectivity index (χ3v) is 15.1. The van der Waals surface area contributed by atoms with Gasteiger partial charge in [-0.25, -0.2) is 4.57 Å². The quantitative estimate of drug-likeness (QED) is 0.0243. The number of nitrogens with zero attached hydrogens (tertiary/aromatic N) is 1. The van der Waals surface area contributed by atoms with Gasteiger partial charge in [-0.1, -0.05) is 281 Å². The minimum atomic E-state index is -4.35. The predicted molar refractivity (Wildman–Crippen MR) is 309 cm³/mol. The van der Waals surface area contributed by atoms with Gasteiger partial charge in [0, 0.05) is 6.42 Å². The van der Waals surface area contributed by atoms with Gasteiger partial charge in [-0.3, -0.25) is 13.8 Å². The van der Waals surface area contributed by atoms with Crippen molar-refractivity contribution in [2.75, 3.05) is 40.9 Å². The Labute approximate surface area is 442 Å². The molecule has 420 valence electrons. The molecule has 0 bridgehead atoms. The first-order chi connectivity index (χ1) is 34.5. The number of phosphoric ester groups is 1. The predicted octanol–water partition coefficient (Wildman–Crippen LogP) is 18.9. The molecule has 0 aliphatic carbocycles. The number of phosphoric acid groups is 1. The molecule has 3 atom stereocenters. The average molecular weight is 1020 g/mol. The number of quaternary nitrogens is 1. The summed E-state index contributed by atoms with van der Waals surface area (Å²) < 4.78 is 23.7. The van der Waals surface area contributed by atoms with Crippen LogP contribution in [0.4, 0.5) is 0 Å². The first kappa shape index (κ1) is 69.7. The Hall–Kier alpha value is -1.28. The van der Waals surface area contributed by atoms with Gasteiger partial charge >= 0.3 is 7.82 Å². The molecule has 9 heteroatoms. The largest absolute Gasteiger partial charge is 0.472 e. The zero-order valence-electron chi connectivity index (χ0n) is 48.0. The summed E-state index contributed by atoms with van der Waals surface area (Å²) in [6, 6.07) is -0.845. The number of carbonyl (C=O) groups excluding carboxylic acids is 1. The first-order valence-corrected chi connectivity index (χ1v) is 32.4. The topological polar surface area (TPSA) is 105 Å². The van der Waals surface area contributed by atoms with Crippen LogP contribution in [0.15, 0.2) is 36.5 Å². The van der Waals surface area contributed by atoms with Gasteiger partial charge in [0.2, 0.25) is 5.91 Å². The van der Waals surface area contributed by atoms with E-state index in [1.165, 1.54) is 238 Å². The third kappa shape index (κ3) is 56.3. The summed E-state index contributed by atoms with van der Waals surface area (Å²) in [6.45, 7) is 4.84. The Morgan fingerprint density at radius 3 is 1.15 bits per heavy atom. The van der Waals surface area contributed by atoms with E-state index in [9.17, 15) is 19.4 Å². The van der Waals surface area contributed by atoms with Gasteiger partial charge in [-0.15, -0.1) is 0 Å². The van der Waals surface area contributed by atoms with E-state index >= 15 is 0 Å². The second kappa shape index (κ2) is 53.5. The SMILES string of the molecule is CCCCCCC/C=C\C/C=C\CCCCCCCCCCCCCCCCCCCCCC(=O)NC(COP(=O)(O)OCC[N+](C)(C)C)C(O)/C=C/CCCCCCCCCCCCCCCCCC. The first-order valence-electron chi connectivity index (χ1n) is 30.9. The van der Waals surface area contributed by atoms with E-state index in [4.69, 9.17) is 9.05 Å². The lowest BCUT2D eigenvalue weighted by Gasteiger charge is -2.25. The molecule has 0 rings (SSSR count). The highest BCUT2D eigenvalue weighted by Gasteiger charge is 2.27. The number of carbonyl (C=O) groups is 1. The monoisotopic (exact) mass is 1020 g/mol. The van der Waals surface area contributed by atoms with Crippen molar-refractivity contribution in [2.24, 2.45) is 0 Å². The van der Waals surface area contributed by atoms with Gasteiger partial charge in [-0.2, -0.15) is 0 Å². The molecule has 0 aromatic carbocycles. The van der Waals surface area contributed by atoms with Gasteiger partial charge in [0.15, 0.2) is 0 Å². The number of amides is 1. The molecule has 0 saturated carbocycles. The smallest absolute Gasteiger partial charge is 0.387 e. The molecule has 3 unspecified atom stereocenters. The zero-order chi connectivity index (χ0) is 52.0. The summed E-state index contributed by atoms with van der Waals surface area (Å²) in [4.78, 5) is 23.3. The van der Waals surface area contributed by atoms with Gasteiger partial charge in [-0.05, 0) is 51.4 Å². The Morgan fingerprint density at radius 2 is 0.803 bits per heavy atom. The molecule has 0 heterocycles. The molecule has 0 aromatic heterocycles. The van der Waals surface area contributed by atoms with Crippen LogP contribution in [-0.4, -0.2) is 73.4 Å². The van der Waals surface area contributed by atoms with Crippen LogP contribution in [0.2, 0.25) is 0 Å². The second-order valence-corrected chi connectivity index (χ2v) is 23.9. The summed E-state index contributed by atoms with van der Waals surface area (Å²) in [5.41, 5.74) is 0. The van der Waals surface area contributed by atoms with Crippen molar-refractivity contribution in [3.8, 4) is 0 Å². The molecule has 0 saturated heterocycles. The lowest BCUT2D eigenvalue weighted by molar-refractivity contribution is -0.870. The maximum atomic E-state index is 13.0. The van der Waals surface area contributed by atoms with Crippen LogP contribution in [0.3, 0.4) is 0 Å². The maximum Gasteiger partial charge on any atom is 0.472 e. The summed E-state index contributed by atoms with van der Waals surface area (Å²) in [5, 5.41) is 14.0. The number of nitrogens with one attached hydrogen (secondary N) is 1. The molecule has 0 aliphatic heterocycles. The van der Waals surface area contributed by atoms with Crippen molar-refractivity contribution < 1.29 is 32.9 Å². The number of hydrogen-bond donors (Lipinski definition) is 3. The minimum Gasteiger partial charge on any atom is -0.387 e. The van der Waals surface area contributed by atoms with Crippen LogP contribution in [0.25, 0.3) is 0 Å². The molecular formula is C62H122N2O6P+. The van der Waals surface area contributed by atoms with E-state index in [2.05, 4.69) is 43.5 Å². The molecule has 1 amide bonds. The van der Waals surface area contributed by atoms with E-state index in [1.807, 2.05) is 27.2 Å². The summed E-state index contributed by atoms with van der Waals surface area (Å²) in [7, 11) is 1.58. The minimum absolute atomic E-state index is 0.0633. The van der Waals surface area contributed by atoms with Crippen molar-refractivity contribution in [2.45, 2.75) is 315 Å². The number of unbranched alkanes of at least 4 members (excludes halogenated alkanes) is 40. The summed E-state index contributed by atoms with van der Waals surface area (Å²) in [5.74, 6) is -0.172. The zero-order valence-corrected chi connectivity index (χ0v) is 48.9. The van der Waals surface area contributed by atoms with E-state index in [0.717, 1.165) is 44.9 Å². The molecule has 3 N–H and O–H groups in total. The Balaban J connectivity index is 4.07. The molecule has 0 aromatic rings. The fraction of sp³-hybridized carbons (Fsp3) is 0.887. The van der Waals surface area contributed by atoms with Crippen LogP contribution in [-0.2, 0) is 18.4 Å². The Morgan fingerprint density at radius 1 is 0.479 bits per heavy atom. The molecule has 0 radical (unpaired) electrons. The van der Waals surface area contributed by atoms with Crippen molar-refractivity contribution >= 4 is 13.7 Å². The van der Waals surface area contributed by atoms with Gasteiger partial charge < -0.3 is 19.8 Å². The Kier molecular flexibility index (Phi) is 52.6. The maximum absolute atomic E-state index is 13.0. The third-order valence-electron chi connectivity index (χ3n) is 14.1. The number of allylic oxidation sites excluding steroid dienone is 5. The molecular weight excluding hydrogens is 900 g/mol. The highest BCUT2D eigenvalue weighted by molar-refractivity contribution is 7.47. The standard InChI is InChI=1S/C62H121N2O6P/c1-6-8-10-12-14-16-18-20-22-24-26-27-28-29-30-31-32-33-34-35-36-37-38-40-42-44-46-48-50-52-54-56-62(66)63-60(59-70-71(67,68)69-58-57-64(3,4)5)61(65)55-53-51-49-47-45-43-41-39-25-23-21-19-17-15-13-11-9-7-2/h18,20,24,26,53,55,60-61,65H,6-17,19,21-23,25,27-52,54,56-59H2,1-5H3,(H-,63,66,67,68)/p+1/b20-18-,26-24-,55-53+. The lowest BCUT2D eigenvalue weighted by atomic mass is 10.0. The van der Waals surface area contributed by atoms with Crippen LogP contribution >= 0.6 is 7.82 Å². The number of aliphatic hydroxyl groups is 1. The van der Waals surface area contributed by atoms with Gasteiger partial charge in [0.25, 0.3) is 0 Å². The highest BCUT2D eigenvalue weighted by atomic mass is 31.2. The molecule has 0 aliphatic rings. The van der Waals surface area contributed by atoms with E-state index in [0.29, 0.717) is 17.4 Å². The molecule has 8 nitrogen and oxygen atoms in total. The summed E-state index contributed by atoms with van der Waals surface area (Å²) in [6.07, 6.45) is 69.7. The van der Waals surface area contributed by atoms with Crippen molar-refractivity contribution in [1.29, 1.82) is 0 Å². The van der Waals surface area contributed by atoms with Crippen LogP contribution in [0.1, 0.15) is 303 Å². The fourth-order valence-corrected chi connectivity index (χ4v) is 9.99. The van der Waals surface area contributed by atoms with Gasteiger partial charge in [0.05, 0.1) is 39.9 Å². The van der Waals surface area contributed by atoms with E-state index in [1.54, 1.807) is 6.08 Å². The number of hydrogen-bond acceptors (Lipinski definition) is 5. The number of likely N-dealkylation sites (N-methyl/N-ethyl adjacent to an activating group) is 1. The van der Waals surface area contributed by atoms with Crippen LogP contribution < -0.4 is 5.32 Å². The fourth-order valence-electron chi connectivity index (χ4n) is 9.25. The van der Waals surface area contributed by atoms with E-state index < -0.39 is 20.0 Å². The second-order valence-electron chi connectivity index (χ2n) is 22.4.